The molecule has 4 rings (SSSR count). The summed E-state index contributed by atoms with van der Waals surface area (Å²) in [5.41, 5.74) is 2.36. The number of piperidine rings is 1. The van der Waals surface area contributed by atoms with Gasteiger partial charge in [0.25, 0.3) is 5.91 Å². The fourth-order valence-electron chi connectivity index (χ4n) is 3.90. The highest BCUT2D eigenvalue weighted by molar-refractivity contribution is 7.80. The number of rotatable bonds is 7. The van der Waals surface area contributed by atoms with Crippen molar-refractivity contribution in [2.75, 3.05) is 19.7 Å². The minimum Gasteiger partial charge on any atom is -0.309 e. The van der Waals surface area contributed by atoms with Gasteiger partial charge in [0.2, 0.25) is 0 Å². The summed E-state index contributed by atoms with van der Waals surface area (Å²) in [5.74, 6) is -0.506. The lowest BCUT2D eigenvalue weighted by Crippen LogP contribution is -2.50. The Labute approximate surface area is 166 Å². The van der Waals surface area contributed by atoms with Crippen molar-refractivity contribution in [3.05, 3.63) is 12.4 Å². The summed E-state index contributed by atoms with van der Waals surface area (Å²) in [6, 6.07) is -2.04. The van der Waals surface area contributed by atoms with Crippen LogP contribution in [-0.2, 0) is 24.3 Å². The standard InChI is InChI=1S/C14H21N7O7S/c22-13(18-27-8-9-5-11(6-15-9)21-16-3-4-17-21)12-2-1-10-7-19(12)14(23)20(10)28-29(24,25)26/h3-4,9-12,15H,1-2,5-8H2,(H,18,22)(H,24,25,26)/t9-,10?,11+,12?/m1/s1. The van der Waals surface area contributed by atoms with E-state index in [0.29, 0.717) is 24.4 Å². The summed E-state index contributed by atoms with van der Waals surface area (Å²) < 4.78 is 35.0. The highest BCUT2D eigenvalue weighted by Crippen LogP contribution is 2.30. The van der Waals surface area contributed by atoms with Crippen LogP contribution in [0.2, 0.25) is 0 Å². The fourth-order valence-corrected chi connectivity index (χ4v) is 4.29. The average molecular weight is 431 g/mol. The summed E-state index contributed by atoms with van der Waals surface area (Å²) in [5, 5.41) is 12.1. The number of fused-ring (bicyclic) bond motifs is 2. The molecule has 1 aromatic rings. The molecule has 1 aromatic heterocycles. The van der Waals surface area contributed by atoms with E-state index in [0.717, 1.165) is 6.42 Å². The number of nitrogens with one attached hydrogen (secondary N) is 2. The zero-order valence-corrected chi connectivity index (χ0v) is 16.1. The summed E-state index contributed by atoms with van der Waals surface area (Å²) in [7, 11) is -4.83. The number of urea groups is 1. The van der Waals surface area contributed by atoms with Crippen LogP contribution in [0.4, 0.5) is 4.79 Å². The van der Waals surface area contributed by atoms with Crippen LogP contribution in [0.3, 0.4) is 0 Å². The number of carbonyl (C=O) groups excluding carboxylic acids is 2. The Balaban J connectivity index is 1.25. The van der Waals surface area contributed by atoms with Crippen LogP contribution in [0.1, 0.15) is 25.3 Å². The number of hydroxylamine groups is 3. The van der Waals surface area contributed by atoms with Crippen LogP contribution in [0.15, 0.2) is 12.4 Å². The maximum atomic E-state index is 12.4. The third-order valence-corrected chi connectivity index (χ3v) is 5.57. The van der Waals surface area contributed by atoms with Gasteiger partial charge in [-0.25, -0.2) is 10.3 Å². The molecular weight excluding hydrogens is 410 g/mol. The van der Waals surface area contributed by atoms with Crippen LogP contribution >= 0.6 is 0 Å². The van der Waals surface area contributed by atoms with Gasteiger partial charge in [0.15, 0.2) is 0 Å². The summed E-state index contributed by atoms with van der Waals surface area (Å²) in [6.45, 7) is 1.03. The number of aromatic nitrogens is 3. The zero-order valence-electron chi connectivity index (χ0n) is 15.2. The van der Waals surface area contributed by atoms with Crippen LogP contribution in [-0.4, -0.2) is 87.7 Å². The van der Waals surface area contributed by atoms with E-state index in [9.17, 15) is 18.0 Å². The van der Waals surface area contributed by atoms with Crippen LogP contribution in [0.25, 0.3) is 0 Å². The van der Waals surface area contributed by atoms with E-state index in [1.807, 2.05) is 0 Å². The molecule has 3 amide bonds. The van der Waals surface area contributed by atoms with Crippen LogP contribution in [0.5, 0.6) is 0 Å². The molecule has 3 fully saturated rings. The van der Waals surface area contributed by atoms with Crippen molar-refractivity contribution in [1.82, 2.24) is 35.8 Å². The molecule has 2 bridgehead atoms. The van der Waals surface area contributed by atoms with Gasteiger partial charge in [-0.05, 0) is 19.3 Å². The van der Waals surface area contributed by atoms with E-state index < -0.39 is 34.4 Å². The Morgan fingerprint density at radius 3 is 2.79 bits per heavy atom. The predicted molar refractivity (Wildman–Crippen MR) is 92.9 cm³/mol. The van der Waals surface area contributed by atoms with Crippen molar-refractivity contribution in [3.63, 3.8) is 0 Å². The van der Waals surface area contributed by atoms with Crippen molar-refractivity contribution in [2.45, 2.75) is 43.4 Å². The highest BCUT2D eigenvalue weighted by atomic mass is 32.3. The molecule has 0 radical (unpaired) electrons. The first kappa shape index (κ1) is 20.0. The molecule has 2 unspecified atom stereocenters. The van der Waals surface area contributed by atoms with Crippen LogP contribution < -0.4 is 10.8 Å². The lowest BCUT2D eigenvalue weighted by Gasteiger charge is -2.29. The van der Waals surface area contributed by atoms with Gasteiger partial charge >= 0.3 is 16.4 Å². The number of hydrogen-bond acceptors (Lipinski definition) is 9. The first-order valence-corrected chi connectivity index (χ1v) is 10.5. The Bertz CT molecular complexity index is 864. The molecule has 14 nitrogen and oxygen atoms in total. The Morgan fingerprint density at radius 2 is 2.07 bits per heavy atom. The summed E-state index contributed by atoms with van der Waals surface area (Å²) >= 11 is 0. The monoisotopic (exact) mass is 431 g/mol. The topological polar surface area (TPSA) is 168 Å². The molecule has 3 aliphatic rings. The smallest absolute Gasteiger partial charge is 0.309 e. The van der Waals surface area contributed by atoms with Gasteiger partial charge in [-0.3, -0.25) is 14.2 Å². The number of amides is 3. The molecule has 15 heteroatoms. The average Bonchev–Trinajstić information content (AvgIpc) is 3.39. The lowest BCUT2D eigenvalue weighted by molar-refractivity contribution is -0.139. The first-order valence-electron chi connectivity index (χ1n) is 9.09. The van der Waals surface area contributed by atoms with E-state index in [4.69, 9.17) is 9.39 Å². The van der Waals surface area contributed by atoms with E-state index in [1.165, 1.54) is 4.90 Å². The first-order chi connectivity index (χ1) is 13.8. The third kappa shape index (κ3) is 4.32. The lowest BCUT2D eigenvalue weighted by atomic mass is 10.0. The molecular formula is C14H21N7O7S. The van der Waals surface area contributed by atoms with Gasteiger partial charge in [-0.2, -0.15) is 28.5 Å². The number of hydrogen-bond donors (Lipinski definition) is 3. The second-order valence-electron chi connectivity index (χ2n) is 7.13. The molecule has 3 N–H and O–H groups in total. The van der Waals surface area contributed by atoms with Gasteiger partial charge in [-0.1, -0.05) is 0 Å². The van der Waals surface area contributed by atoms with E-state index in [2.05, 4.69) is 25.3 Å². The molecule has 0 saturated carbocycles. The Morgan fingerprint density at radius 1 is 1.31 bits per heavy atom. The SMILES string of the molecule is O=C(NOC[C@H]1C[C@H](n2nccn2)CN1)C1CCC2CN1C(=O)N2OS(=O)(=O)O. The second-order valence-corrected chi connectivity index (χ2v) is 8.14. The fraction of sp³-hybridized carbons (Fsp3) is 0.714. The maximum absolute atomic E-state index is 12.4. The van der Waals surface area contributed by atoms with Gasteiger partial charge < -0.3 is 10.2 Å². The van der Waals surface area contributed by atoms with Crippen molar-refractivity contribution in [2.24, 2.45) is 0 Å². The Hall–Kier alpha value is -2.33. The predicted octanol–water partition coefficient (Wildman–Crippen LogP) is -1.77. The summed E-state index contributed by atoms with van der Waals surface area (Å²) in [6.07, 6.45) is 4.62. The molecule has 3 saturated heterocycles. The quantitative estimate of drug-likeness (QED) is 0.332. The van der Waals surface area contributed by atoms with E-state index >= 15 is 0 Å². The van der Waals surface area contributed by atoms with E-state index in [1.54, 1.807) is 17.2 Å². The molecule has 0 spiro atoms. The number of nitrogens with zero attached hydrogens (tertiary/aromatic N) is 5. The van der Waals surface area contributed by atoms with Crippen molar-refractivity contribution < 1.29 is 31.7 Å². The molecule has 3 aliphatic heterocycles. The molecule has 0 aliphatic carbocycles. The maximum Gasteiger partial charge on any atom is 0.418 e. The Kier molecular flexibility index (Phi) is 5.39. The molecule has 4 heterocycles. The largest absolute Gasteiger partial charge is 0.418 e. The molecule has 4 atom stereocenters. The normalized spacial score (nSPS) is 29.5. The van der Waals surface area contributed by atoms with Gasteiger partial charge in [0, 0.05) is 19.1 Å². The van der Waals surface area contributed by atoms with E-state index in [-0.39, 0.29) is 25.2 Å². The minimum atomic E-state index is -4.83. The number of carbonyl (C=O) groups is 2. The highest BCUT2D eigenvalue weighted by Gasteiger charge is 2.49. The van der Waals surface area contributed by atoms with Crippen molar-refractivity contribution in [1.29, 1.82) is 0 Å². The van der Waals surface area contributed by atoms with Crippen molar-refractivity contribution >= 4 is 22.3 Å². The van der Waals surface area contributed by atoms with Gasteiger partial charge in [0.1, 0.15) is 6.04 Å². The van der Waals surface area contributed by atoms with Crippen molar-refractivity contribution in [3.8, 4) is 0 Å². The third-order valence-electron chi connectivity index (χ3n) is 5.22. The minimum absolute atomic E-state index is 0.00843. The molecule has 29 heavy (non-hydrogen) atoms. The van der Waals surface area contributed by atoms with Crippen LogP contribution in [0, 0.1) is 0 Å². The molecule has 0 aromatic carbocycles. The summed E-state index contributed by atoms with van der Waals surface area (Å²) in [4.78, 5) is 32.9. The molecule has 160 valence electrons. The second kappa shape index (κ2) is 7.83. The van der Waals surface area contributed by atoms with Gasteiger partial charge in [0.05, 0.1) is 31.1 Å². The zero-order chi connectivity index (χ0) is 20.6. The van der Waals surface area contributed by atoms with Gasteiger partial charge in [-0.15, -0.1) is 4.28 Å².